The molecule has 1 saturated heterocycles. The van der Waals surface area contributed by atoms with Gasteiger partial charge in [-0.15, -0.1) is 0 Å². The number of ether oxygens (including phenoxy) is 2. The van der Waals surface area contributed by atoms with Crippen LogP contribution >= 0.6 is 0 Å². The number of nitrogens with zero attached hydrogens (tertiary/aromatic N) is 2. The molecule has 1 heterocycles. The van der Waals surface area contributed by atoms with Crippen molar-refractivity contribution in [2.45, 2.75) is 50.6 Å². The van der Waals surface area contributed by atoms with Gasteiger partial charge in [-0.25, -0.2) is 0 Å². The van der Waals surface area contributed by atoms with Crippen LogP contribution in [0, 0.1) is 0 Å². The van der Waals surface area contributed by atoms with Crippen LogP contribution in [0.3, 0.4) is 0 Å². The molecule has 0 aliphatic carbocycles. The lowest BCUT2D eigenvalue weighted by Gasteiger charge is -2.32. The van der Waals surface area contributed by atoms with Crippen molar-refractivity contribution in [1.29, 1.82) is 0 Å². The van der Waals surface area contributed by atoms with E-state index >= 15 is 0 Å². The Morgan fingerprint density at radius 2 is 1.63 bits per heavy atom. The van der Waals surface area contributed by atoms with Crippen molar-refractivity contribution >= 4 is 17.7 Å². The number of benzene rings is 2. The summed E-state index contributed by atoms with van der Waals surface area (Å²) in [5.41, 5.74) is 1.87. The molecule has 0 radical (unpaired) electrons. The van der Waals surface area contributed by atoms with Gasteiger partial charge in [-0.1, -0.05) is 60.7 Å². The molecule has 1 aliphatic rings. The first-order valence-electron chi connectivity index (χ1n) is 13.1. The Hall–Kier alpha value is -3.27. The van der Waals surface area contributed by atoms with Crippen molar-refractivity contribution in [3.8, 4) is 0 Å². The highest BCUT2D eigenvalue weighted by atomic mass is 16.5. The highest BCUT2D eigenvalue weighted by Gasteiger charge is 2.31. The van der Waals surface area contributed by atoms with Gasteiger partial charge in [0.05, 0.1) is 19.6 Å². The van der Waals surface area contributed by atoms with Crippen molar-refractivity contribution in [1.82, 2.24) is 20.4 Å². The molecule has 3 rings (SSSR count). The van der Waals surface area contributed by atoms with E-state index < -0.39 is 12.3 Å². The van der Waals surface area contributed by atoms with Crippen molar-refractivity contribution in [3.63, 3.8) is 0 Å². The van der Waals surface area contributed by atoms with E-state index in [2.05, 4.69) is 10.6 Å². The second-order valence-corrected chi connectivity index (χ2v) is 9.59. The van der Waals surface area contributed by atoms with E-state index in [4.69, 9.17) is 9.47 Å². The number of nitrogens with one attached hydrogen (secondary N) is 2. The highest BCUT2D eigenvalue weighted by molar-refractivity contribution is 5.88. The zero-order valence-corrected chi connectivity index (χ0v) is 22.6. The molecule has 0 aromatic heterocycles. The van der Waals surface area contributed by atoms with Crippen LogP contribution in [0.5, 0.6) is 0 Å². The smallest absolute Gasteiger partial charge is 0.250 e. The number of carbonyl (C=O) groups is 3. The molecule has 0 bridgehead atoms. The van der Waals surface area contributed by atoms with E-state index in [0.29, 0.717) is 13.0 Å². The fraction of sp³-hybridized carbons (Fsp3) is 0.483. The number of hydrogen-bond donors (Lipinski definition) is 2. The molecule has 1 aliphatic heterocycles. The fourth-order valence-electron chi connectivity index (χ4n) is 4.40. The molecule has 2 aromatic rings. The van der Waals surface area contributed by atoms with Crippen LogP contribution in [-0.2, 0) is 36.9 Å². The summed E-state index contributed by atoms with van der Waals surface area (Å²) < 4.78 is 11.7. The summed E-state index contributed by atoms with van der Waals surface area (Å²) in [6, 6.07) is 18.7. The Bertz CT molecular complexity index is 1010. The Morgan fingerprint density at radius 3 is 2.24 bits per heavy atom. The lowest BCUT2D eigenvalue weighted by atomic mass is 10.0. The summed E-state index contributed by atoms with van der Waals surface area (Å²) in [7, 11) is 4.78. The third kappa shape index (κ3) is 8.93. The summed E-state index contributed by atoms with van der Waals surface area (Å²) in [5.74, 6) is -0.836. The van der Waals surface area contributed by atoms with E-state index in [1.165, 1.54) is 9.80 Å². The standard InChI is InChI=1S/C29H40N4O5/c1-30-29(36)25(17-22-11-6-4-7-12-22)32(2)26(34)18-28(38-19-23-13-8-5-9-14-23)33(3)27(35)21-37-20-24-15-10-16-31-24/h4-9,11-14,24-25,28,31H,10,15-21H2,1-3H3,(H,30,36)/t24-,25+,28?/m0/s1. The Kier molecular flexibility index (Phi) is 11.7. The number of amides is 3. The van der Waals surface area contributed by atoms with Gasteiger partial charge in [0, 0.05) is 33.6 Å². The first-order valence-corrected chi connectivity index (χ1v) is 13.1. The largest absolute Gasteiger partial charge is 0.370 e. The molecule has 2 aromatic carbocycles. The summed E-state index contributed by atoms with van der Waals surface area (Å²) in [5, 5.41) is 6.00. The first-order chi connectivity index (χ1) is 18.4. The van der Waals surface area contributed by atoms with Crippen molar-refractivity contribution in [2.75, 3.05) is 40.9 Å². The minimum Gasteiger partial charge on any atom is -0.370 e. The van der Waals surface area contributed by atoms with E-state index in [1.807, 2.05) is 60.7 Å². The van der Waals surface area contributed by atoms with E-state index in [0.717, 1.165) is 30.5 Å². The van der Waals surface area contributed by atoms with Gasteiger partial charge in [0.2, 0.25) is 17.7 Å². The van der Waals surface area contributed by atoms with Gasteiger partial charge in [-0.05, 0) is 30.5 Å². The number of carbonyl (C=O) groups excluding carboxylic acids is 3. The topological polar surface area (TPSA) is 100 Å². The number of likely N-dealkylation sites (N-methyl/N-ethyl adjacent to an activating group) is 3. The maximum atomic E-state index is 13.4. The van der Waals surface area contributed by atoms with Crippen LogP contribution in [0.15, 0.2) is 60.7 Å². The monoisotopic (exact) mass is 524 g/mol. The first kappa shape index (κ1) is 29.3. The van der Waals surface area contributed by atoms with Crippen LogP contribution < -0.4 is 10.6 Å². The zero-order chi connectivity index (χ0) is 27.3. The highest BCUT2D eigenvalue weighted by Crippen LogP contribution is 2.15. The predicted octanol–water partition coefficient (Wildman–Crippen LogP) is 1.96. The van der Waals surface area contributed by atoms with Crippen molar-refractivity contribution in [2.24, 2.45) is 0 Å². The minimum absolute atomic E-state index is 0.0984. The van der Waals surface area contributed by atoms with Crippen molar-refractivity contribution in [3.05, 3.63) is 71.8 Å². The molecule has 9 heteroatoms. The van der Waals surface area contributed by atoms with Crippen molar-refractivity contribution < 1.29 is 23.9 Å². The lowest BCUT2D eigenvalue weighted by Crippen LogP contribution is -2.50. The van der Waals surface area contributed by atoms with E-state index in [-0.39, 0.29) is 43.4 Å². The van der Waals surface area contributed by atoms with Crippen LogP contribution in [0.25, 0.3) is 0 Å². The molecule has 3 amide bonds. The van der Waals surface area contributed by atoms with Gasteiger partial charge in [-0.2, -0.15) is 0 Å². The molecule has 206 valence electrons. The predicted molar refractivity (Wildman–Crippen MR) is 145 cm³/mol. The van der Waals surface area contributed by atoms with Gasteiger partial charge in [0.1, 0.15) is 18.9 Å². The maximum Gasteiger partial charge on any atom is 0.250 e. The molecule has 9 nitrogen and oxygen atoms in total. The lowest BCUT2D eigenvalue weighted by molar-refractivity contribution is -0.156. The van der Waals surface area contributed by atoms with Gasteiger partial charge < -0.3 is 29.9 Å². The molecule has 1 unspecified atom stereocenters. The average Bonchev–Trinajstić information content (AvgIpc) is 3.47. The van der Waals surface area contributed by atoms with E-state index in [9.17, 15) is 14.4 Å². The second-order valence-electron chi connectivity index (χ2n) is 9.59. The van der Waals surface area contributed by atoms with Gasteiger partial charge >= 0.3 is 0 Å². The molecule has 38 heavy (non-hydrogen) atoms. The minimum atomic E-state index is -0.826. The molecular formula is C29H40N4O5. The Labute approximate surface area is 225 Å². The Balaban J connectivity index is 1.67. The molecule has 3 atom stereocenters. The Morgan fingerprint density at radius 1 is 0.974 bits per heavy atom. The normalized spacial score (nSPS) is 16.4. The summed E-state index contributed by atoms with van der Waals surface area (Å²) in [6.07, 6.45) is 1.58. The third-order valence-electron chi connectivity index (χ3n) is 6.85. The molecule has 0 spiro atoms. The second kappa shape index (κ2) is 15.2. The number of hydrogen-bond acceptors (Lipinski definition) is 6. The summed E-state index contributed by atoms with van der Waals surface area (Å²) >= 11 is 0. The zero-order valence-electron chi connectivity index (χ0n) is 22.6. The summed E-state index contributed by atoms with van der Waals surface area (Å²) in [6.45, 7) is 1.56. The van der Waals surface area contributed by atoms with Gasteiger partial charge in [0.15, 0.2) is 0 Å². The molecule has 0 saturated carbocycles. The van der Waals surface area contributed by atoms with Crippen LogP contribution in [0.4, 0.5) is 0 Å². The average molecular weight is 525 g/mol. The quantitative estimate of drug-likeness (QED) is 0.367. The maximum absolute atomic E-state index is 13.4. The third-order valence-corrected chi connectivity index (χ3v) is 6.85. The van der Waals surface area contributed by atoms with Crippen LogP contribution in [-0.4, -0.2) is 86.7 Å². The van der Waals surface area contributed by atoms with Crippen LogP contribution in [0.1, 0.15) is 30.4 Å². The van der Waals surface area contributed by atoms with E-state index in [1.54, 1.807) is 21.1 Å². The van der Waals surface area contributed by atoms with Gasteiger partial charge in [-0.3, -0.25) is 14.4 Å². The van der Waals surface area contributed by atoms with Gasteiger partial charge in [0.25, 0.3) is 0 Å². The number of rotatable bonds is 14. The summed E-state index contributed by atoms with van der Waals surface area (Å²) in [4.78, 5) is 41.9. The molecule has 1 fully saturated rings. The van der Waals surface area contributed by atoms with Crippen LogP contribution in [0.2, 0.25) is 0 Å². The molecule has 2 N–H and O–H groups in total. The molecular weight excluding hydrogens is 484 g/mol. The SMILES string of the molecule is CNC(=O)[C@@H](Cc1ccccc1)N(C)C(=O)CC(OCc1ccccc1)N(C)C(=O)COC[C@@H]1CCCN1. The fourth-order valence-corrected chi connectivity index (χ4v) is 4.40.